The number of amides is 1. The third-order valence-corrected chi connectivity index (χ3v) is 2.57. The van der Waals surface area contributed by atoms with Crippen LogP contribution in [0.5, 0.6) is 0 Å². The van der Waals surface area contributed by atoms with Gasteiger partial charge in [0.25, 0.3) is 0 Å². The van der Waals surface area contributed by atoms with E-state index in [2.05, 4.69) is 17.4 Å². The van der Waals surface area contributed by atoms with Gasteiger partial charge in [0.2, 0.25) is 5.91 Å². The largest absolute Gasteiger partial charge is 0.353 e. The first kappa shape index (κ1) is 12.7. The number of hydrogen-bond acceptors (Lipinski definition) is 2. The van der Waals surface area contributed by atoms with E-state index in [0.29, 0.717) is 6.54 Å². The second kappa shape index (κ2) is 6.28. The van der Waals surface area contributed by atoms with E-state index >= 15 is 0 Å². The molecule has 2 unspecified atom stereocenters. The van der Waals surface area contributed by atoms with Crippen LogP contribution in [0.2, 0.25) is 0 Å². The van der Waals surface area contributed by atoms with E-state index in [1.807, 2.05) is 32.0 Å². The zero-order valence-corrected chi connectivity index (χ0v) is 9.94. The van der Waals surface area contributed by atoms with Crippen LogP contribution in [0.15, 0.2) is 30.3 Å². The smallest absolute Gasteiger partial charge is 0.224 e. The summed E-state index contributed by atoms with van der Waals surface area (Å²) < 4.78 is 0. The van der Waals surface area contributed by atoms with E-state index in [4.69, 9.17) is 5.73 Å². The Morgan fingerprint density at radius 1 is 1.31 bits per heavy atom. The van der Waals surface area contributed by atoms with Crippen molar-refractivity contribution >= 4 is 5.91 Å². The van der Waals surface area contributed by atoms with Gasteiger partial charge in [0, 0.05) is 18.5 Å². The Hall–Kier alpha value is -1.35. The standard InChI is InChI=1S/C13H20N2O/c1-10(9-14)13(16)15-11(2)8-12-6-4-3-5-7-12/h3-7,10-11H,8-9,14H2,1-2H3,(H,15,16). The monoisotopic (exact) mass is 220 g/mol. The molecule has 3 nitrogen and oxygen atoms in total. The van der Waals surface area contributed by atoms with Gasteiger partial charge in [-0.25, -0.2) is 0 Å². The van der Waals surface area contributed by atoms with Crippen molar-refractivity contribution in [1.82, 2.24) is 5.32 Å². The minimum absolute atomic E-state index is 0.0333. The highest BCUT2D eigenvalue weighted by Gasteiger charge is 2.13. The number of carbonyl (C=O) groups excluding carboxylic acids is 1. The minimum atomic E-state index is -0.113. The number of hydrogen-bond donors (Lipinski definition) is 2. The SMILES string of the molecule is CC(Cc1ccccc1)NC(=O)C(C)CN. The number of nitrogens with one attached hydrogen (secondary N) is 1. The van der Waals surface area contributed by atoms with Gasteiger partial charge < -0.3 is 11.1 Å². The molecule has 1 rings (SSSR count). The second-order valence-electron chi connectivity index (χ2n) is 4.24. The van der Waals surface area contributed by atoms with Crippen molar-refractivity contribution in [1.29, 1.82) is 0 Å². The molecule has 0 spiro atoms. The van der Waals surface area contributed by atoms with E-state index in [-0.39, 0.29) is 17.9 Å². The van der Waals surface area contributed by atoms with Gasteiger partial charge in [-0.2, -0.15) is 0 Å². The molecular weight excluding hydrogens is 200 g/mol. The zero-order valence-electron chi connectivity index (χ0n) is 9.94. The van der Waals surface area contributed by atoms with Crippen molar-refractivity contribution in [2.45, 2.75) is 26.3 Å². The van der Waals surface area contributed by atoms with Gasteiger partial charge in [-0.3, -0.25) is 4.79 Å². The summed E-state index contributed by atoms with van der Waals surface area (Å²) in [5, 5.41) is 2.96. The fourth-order valence-electron chi connectivity index (χ4n) is 1.51. The molecule has 0 saturated heterocycles. The molecular formula is C13H20N2O. The average molecular weight is 220 g/mol. The predicted molar refractivity (Wildman–Crippen MR) is 66.0 cm³/mol. The molecule has 0 heterocycles. The normalized spacial score (nSPS) is 14.2. The summed E-state index contributed by atoms with van der Waals surface area (Å²) in [6.07, 6.45) is 0.851. The Kier molecular flexibility index (Phi) is 4.99. The molecule has 1 aromatic carbocycles. The van der Waals surface area contributed by atoms with Crippen molar-refractivity contribution < 1.29 is 4.79 Å². The van der Waals surface area contributed by atoms with Crippen molar-refractivity contribution in [2.75, 3.05) is 6.54 Å². The lowest BCUT2D eigenvalue weighted by atomic mass is 10.1. The summed E-state index contributed by atoms with van der Waals surface area (Å²) in [5.41, 5.74) is 6.67. The Bertz CT molecular complexity index is 324. The molecule has 0 bridgehead atoms. The topological polar surface area (TPSA) is 55.1 Å². The first-order chi connectivity index (χ1) is 7.63. The van der Waals surface area contributed by atoms with Crippen LogP contribution in [-0.2, 0) is 11.2 Å². The summed E-state index contributed by atoms with van der Waals surface area (Å²) >= 11 is 0. The Labute approximate surface area is 97.0 Å². The fourth-order valence-corrected chi connectivity index (χ4v) is 1.51. The first-order valence-corrected chi connectivity index (χ1v) is 5.68. The lowest BCUT2D eigenvalue weighted by molar-refractivity contribution is -0.124. The number of carbonyl (C=O) groups is 1. The zero-order chi connectivity index (χ0) is 12.0. The molecule has 0 fully saturated rings. The van der Waals surface area contributed by atoms with Crippen LogP contribution < -0.4 is 11.1 Å². The summed E-state index contributed by atoms with van der Waals surface area (Å²) in [7, 11) is 0. The molecule has 0 radical (unpaired) electrons. The highest BCUT2D eigenvalue weighted by Crippen LogP contribution is 2.03. The van der Waals surface area contributed by atoms with Gasteiger partial charge in [-0.05, 0) is 18.9 Å². The highest BCUT2D eigenvalue weighted by molar-refractivity contribution is 5.78. The van der Waals surface area contributed by atoms with Gasteiger partial charge in [-0.1, -0.05) is 37.3 Å². The molecule has 16 heavy (non-hydrogen) atoms. The van der Waals surface area contributed by atoms with E-state index < -0.39 is 0 Å². The third kappa shape index (κ3) is 4.03. The number of nitrogens with two attached hydrogens (primary N) is 1. The van der Waals surface area contributed by atoms with Crippen molar-refractivity contribution in [3.8, 4) is 0 Å². The maximum absolute atomic E-state index is 11.6. The highest BCUT2D eigenvalue weighted by atomic mass is 16.1. The molecule has 88 valence electrons. The van der Waals surface area contributed by atoms with Crippen LogP contribution in [-0.4, -0.2) is 18.5 Å². The summed E-state index contributed by atoms with van der Waals surface area (Å²) in [6.45, 7) is 4.24. The van der Waals surface area contributed by atoms with E-state index in [0.717, 1.165) is 6.42 Å². The Morgan fingerprint density at radius 2 is 1.94 bits per heavy atom. The molecule has 3 heteroatoms. The van der Waals surface area contributed by atoms with Gasteiger partial charge in [0.05, 0.1) is 0 Å². The summed E-state index contributed by atoms with van der Waals surface area (Å²) in [5.74, 6) is -0.0795. The van der Waals surface area contributed by atoms with Crippen molar-refractivity contribution in [2.24, 2.45) is 11.7 Å². The Balaban J connectivity index is 2.42. The minimum Gasteiger partial charge on any atom is -0.353 e. The van der Waals surface area contributed by atoms with Gasteiger partial charge >= 0.3 is 0 Å². The molecule has 0 aliphatic carbocycles. The van der Waals surface area contributed by atoms with Crippen molar-refractivity contribution in [3.63, 3.8) is 0 Å². The molecule has 1 amide bonds. The molecule has 0 aromatic heterocycles. The summed E-state index contributed by atoms with van der Waals surface area (Å²) in [6, 6.07) is 10.3. The second-order valence-corrected chi connectivity index (χ2v) is 4.24. The predicted octanol–water partition coefficient (Wildman–Crippen LogP) is 1.33. The van der Waals surface area contributed by atoms with Gasteiger partial charge in [0.1, 0.15) is 0 Å². The van der Waals surface area contributed by atoms with Crippen LogP contribution >= 0.6 is 0 Å². The fraction of sp³-hybridized carbons (Fsp3) is 0.462. The van der Waals surface area contributed by atoms with E-state index in [1.165, 1.54) is 5.56 Å². The maximum atomic E-state index is 11.6. The molecule has 2 atom stereocenters. The van der Waals surface area contributed by atoms with Crippen LogP contribution in [0.4, 0.5) is 0 Å². The molecule has 1 aromatic rings. The molecule has 0 aliphatic heterocycles. The first-order valence-electron chi connectivity index (χ1n) is 5.68. The quantitative estimate of drug-likeness (QED) is 0.786. The molecule has 0 saturated carbocycles. The lowest BCUT2D eigenvalue weighted by Crippen LogP contribution is -2.39. The molecule has 0 aliphatic rings. The number of rotatable bonds is 5. The van der Waals surface area contributed by atoms with Crippen LogP contribution in [0.3, 0.4) is 0 Å². The van der Waals surface area contributed by atoms with Crippen LogP contribution in [0, 0.1) is 5.92 Å². The molecule has 3 N–H and O–H groups in total. The maximum Gasteiger partial charge on any atom is 0.224 e. The number of benzene rings is 1. The average Bonchev–Trinajstić information content (AvgIpc) is 2.29. The van der Waals surface area contributed by atoms with Crippen LogP contribution in [0.25, 0.3) is 0 Å². The summed E-state index contributed by atoms with van der Waals surface area (Å²) in [4.78, 5) is 11.6. The van der Waals surface area contributed by atoms with Crippen LogP contribution in [0.1, 0.15) is 19.4 Å². The van der Waals surface area contributed by atoms with E-state index in [9.17, 15) is 4.79 Å². The third-order valence-electron chi connectivity index (χ3n) is 2.57. The van der Waals surface area contributed by atoms with Crippen molar-refractivity contribution in [3.05, 3.63) is 35.9 Å². The van der Waals surface area contributed by atoms with Gasteiger partial charge in [0.15, 0.2) is 0 Å². The van der Waals surface area contributed by atoms with E-state index in [1.54, 1.807) is 0 Å². The lowest BCUT2D eigenvalue weighted by Gasteiger charge is -2.16. The Morgan fingerprint density at radius 3 is 2.50 bits per heavy atom. The van der Waals surface area contributed by atoms with Gasteiger partial charge in [-0.15, -0.1) is 0 Å².